The van der Waals surface area contributed by atoms with E-state index in [1.54, 1.807) is 0 Å². The van der Waals surface area contributed by atoms with Crippen molar-refractivity contribution in [2.24, 2.45) is 23.7 Å². The van der Waals surface area contributed by atoms with Gasteiger partial charge in [-0.1, -0.05) is 87.9 Å². The first kappa shape index (κ1) is 21.8. The van der Waals surface area contributed by atoms with E-state index in [1.807, 2.05) is 48.5 Å². The SMILES string of the molecule is CC(C)[C@@H]1CC[C@@H](C)C[C@H]1OC(=O)[C@@H]1C(=O)C[C@@H](c2ccccc2)[C@@H]1c1ccccc1. The second-order valence-electron chi connectivity index (χ2n) is 9.90. The maximum Gasteiger partial charge on any atom is 0.317 e. The molecule has 0 aliphatic heterocycles. The summed E-state index contributed by atoms with van der Waals surface area (Å²) in [6.07, 6.45) is 3.47. The first-order valence-electron chi connectivity index (χ1n) is 11.8. The Hall–Kier alpha value is -2.42. The van der Waals surface area contributed by atoms with Crippen LogP contribution in [0.3, 0.4) is 0 Å². The van der Waals surface area contributed by atoms with Crippen molar-refractivity contribution >= 4 is 11.8 Å². The van der Waals surface area contributed by atoms with Crippen LogP contribution in [0.25, 0.3) is 0 Å². The fourth-order valence-corrected chi connectivity index (χ4v) is 5.78. The van der Waals surface area contributed by atoms with Crippen molar-refractivity contribution in [1.82, 2.24) is 0 Å². The Balaban J connectivity index is 1.63. The molecule has 0 radical (unpaired) electrons. The van der Waals surface area contributed by atoms with Gasteiger partial charge < -0.3 is 4.74 Å². The average molecular weight is 419 g/mol. The maximum atomic E-state index is 13.5. The molecule has 2 aliphatic carbocycles. The van der Waals surface area contributed by atoms with Crippen molar-refractivity contribution in [3.8, 4) is 0 Å². The van der Waals surface area contributed by atoms with Crippen molar-refractivity contribution in [3.63, 3.8) is 0 Å². The van der Waals surface area contributed by atoms with Crippen LogP contribution in [-0.4, -0.2) is 17.9 Å². The number of carbonyl (C=O) groups is 2. The van der Waals surface area contributed by atoms with Crippen LogP contribution in [0, 0.1) is 23.7 Å². The van der Waals surface area contributed by atoms with E-state index in [0.29, 0.717) is 24.2 Å². The highest BCUT2D eigenvalue weighted by atomic mass is 16.5. The maximum absolute atomic E-state index is 13.5. The first-order chi connectivity index (χ1) is 15.0. The van der Waals surface area contributed by atoms with Gasteiger partial charge in [0, 0.05) is 12.3 Å². The van der Waals surface area contributed by atoms with Gasteiger partial charge in [0.2, 0.25) is 0 Å². The molecule has 3 nitrogen and oxygen atoms in total. The Morgan fingerprint density at radius 2 is 1.55 bits per heavy atom. The monoisotopic (exact) mass is 418 g/mol. The number of carbonyl (C=O) groups excluding carboxylic acids is 2. The third-order valence-electron chi connectivity index (χ3n) is 7.46. The molecular weight excluding hydrogens is 384 g/mol. The normalized spacial score (nSPS) is 31.0. The largest absolute Gasteiger partial charge is 0.462 e. The molecule has 2 saturated carbocycles. The zero-order valence-corrected chi connectivity index (χ0v) is 18.9. The van der Waals surface area contributed by atoms with Gasteiger partial charge in [0.1, 0.15) is 17.8 Å². The Morgan fingerprint density at radius 3 is 2.16 bits per heavy atom. The second kappa shape index (κ2) is 9.38. The lowest BCUT2D eigenvalue weighted by Gasteiger charge is -2.37. The molecule has 0 bridgehead atoms. The van der Waals surface area contributed by atoms with Crippen LogP contribution in [0.5, 0.6) is 0 Å². The number of esters is 1. The Bertz CT molecular complexity index is 889. The van der Waals surface area contributed by atoms with E-state index in [9.17, 15) is 9.59 Å². The summed E-state index contributed by atoms with van der Waals surface area (Å²) in [5.74, 6) is 0.177. The minimum Gasteiger partial charge on any atom is -0.462 e. The predicted molar refractivity (Wildman–Crippen MR) is 123 cm³/mol. The molecule has 2 aromatic rings. The van der Waals surface area contributed by atoms with E-state index in [0.717, 1.165) is 24.0 Å². The summed E-state index contributed by atoms with van der Waals surface area (Å²) >= 11 is 0. The topological polar surface area (TPSA) is 43.4 Å². The number of hydrogen-bond donors (Lipinski definition) is 0. The molecule has 0 aromatic heterocycles. The lowest BCUT2D eigenvalue weighted by Crippen LogP contribution is -2.39. The molecule has 0 N–H and O–H groups in total. The van der Waals surface area contributed by atoms with E-state index in [2.05, 4.69) is 32.9 Å². The Morgan fingerprint density at radius 1 is 0.935 bits per heavy atom. The fraction of sp³-hybridized carbons (Fsp3) is 0.500. The molecule has 31 heavy (non-hydrogen) atoms. The van der Waals surface area contributed by atoms with Crippen molar-refractivity contribution in [2.45, 2.75) is 64.4 Å². The van der Waals surface area contributed by atoms with Crippen LogP contribution >= 0.6 is 0 Å². The molecule has 0 spiro atoms. The highest BCUT2D eigenvalue weighted by molar-refractivity contribution is 6.02. The molecule has 6 atom stereocenters. The van der Waals surface area contributed by atoms with Crippen molar-refractivity contribution in [3.05, 3.63) is 71.8 Å². The smallest absolute Gasteiger partial charge is 0.317 e. The van der Waals surface area contributed by atoms with Crippen LogP contribution in [0.4, 0.5) is 0 Å². The van der Waals surface area contributed by atoms with Crippen LogP contribution in [0.15, 0.2) is 60.7 Å². The molecule has 0 amide bonds. The van der Waals surface area contributed by atoms with Crippen molar-refractivity contribution in [1.29, 1.82) is 0 Å². The number of ketones is 1. The summed E-state index contributed by atoms with van der Waals surface area (Å²) in [5.41, 5.74) is 2.16. The Kier molecular flexibility index (Phi) is 6.60. The van der Waals surface area contributed by atoms with E-state index >= 15 is 0 Å². The quantitative estimate of drug-likeness (QED) is 0.432. The van der Waals surface area contributed by atoms with Gasteiger partial charge >= 0.3 is 5.97 Å². The third kappa shape index (κ3) is 4.61. The molecule has 3 heteroatoms. The first-order valence-corrected chi connectivity index (χ1v) is 11.8. The van der Waals surface area contributed by atoms with Crippen LogP contribution in [0.2, 0.25) is 0 Å². The molecule has 0 heterocycles. The van der Waals surface area contributed by atoms with E-state index in [4.69, 9.17) is 4.74 Å². The minimum absolute atomic E-state index is 0.000162. The zero-order chi connectivity index (χ0) is 22.0. The molecule has 0 saturated heterocycles. The zero-order valence-electron chi connectivity index (χ0n) is 18.9. The highest BCUT2D eigenvalue weighted by Gasteiger charge is 2.49. The molecule has 2 aliphatic rings. The van der Waals surface area contributed by atoms with Gasteiger partial charge in [0.15, 0.2) is 0 Å². The van der Waals surface area contributed by atoms with Gasteiger partial charge in [-0.05, 0) is 47.6 Å². The summed E-state index contributed by atoms with van der Waals surface area (Å²) in [4.78, 5) is 26.7. The molecule has 164 valence electrons. The number of hydrogen-bond acceptors (Lipinski definition) is 3. The number of ether oxygens (including phenoxy) is 1. The molecule has 2 fully saturated rings. The third-order valence-corrected chi connectivity index (χ3v) is 7.46. The summed E-state index contributed by atoms with van der Waals surface area (Å²) < 4.78 is 6.17. The van der Waals surface area contributed by atoms with Gasteiger partial charge in [-0.15, -0.1) is 0 Å². The van der Waals surface area contributed by atoms with Crippen LogP contribution in [-0.2, 0) is 14.3 Å². The van der Waals surface area contributed by atoms with E-state index < -0.39 is 5.92 Å². The fourth-order valence-electron chi connectivity index (χ4n) is 5.78. The minimum atomic E-state index is -0.724. The molecule has 4 rings (SSSR count). The van der Waals surface area contributed by atoms with Crippen LogP contribution < -0.4 is 0 Å². The highest BCUT2D eigenvalue weighted by Crippen LogP contribution is 2.49. The molecule has 0 unspecified atom stereocenters. The van der Waals surface area contributed by atoms with Gasteiger partial charge in [-0.3, -0.25) is 9.59 Å². The second-order valence-corrected chi connectivity index (χ2v) is 9.90. The summed E-state index contributed by atoms with van der Waals surface area (Å²) in [7, 11) is 0. The Labute approximate surface area is 186 Å². The van der Waals surface area contributed by atoms with Gasteiger partial charge in [-0.2, -0.15) is 0 Å². The number of benzene rings is 2. The van der Waals surface area contributed by atoms with Gasteiger partial charge in [0.25, 0.3) is 0 Å². The van der Waals surface area contributed by atoms with Crippen molar-refractivity contribution < 1.29 is 14.3 Å². The molecule has 2 aromatic carbocycles. The summed E-state index contributed by atoms with van der Waals surface area (Å²) in [5, 5.41) is 0. The standard InChI is InChI=1S/C28H34O3/c1-18(2)22-15-14-19(3)16-25(22)31-28(30)27-24(29)17-23(20-10-6-4-7-11-20)26(27)21-12-8-5-9-13-21/h4-13,18-19,22-23,25-27H,14-17H2,1-3H3/t19-,22+,23+,25-,26+,27-/m1/s1. The lowest BCUT2D eigenvalue weighted by molar-refractivity contribution is -0.162. The lowest BCUT2D eigenvalue weighted by atomic mass is 9.75. The number of rotatable bonds is 5. The number of Topliss-reactive ketones (excluding diaryl/α,β-unsaturated/α-hetero) is 1. The molecular formula is C28H34O3. The predicted octanol–water partition coefficient (Wildman–Crippen LogP) is 6.15. The van der Waals surface area contributed by atoms with Gasteiger partial charge in [0.05, 0.1) is 0 Å². The van der Waals surface area contributed by atoms with Crippen molar-refractivity contribution in [2.75, 3.05) is 0 Å². The van der Waals surface area contributed by atoms with Crippen LogP contribution in [0.1, 0.15) is 69.4 Å². The van der Waals surface area contributed by atoms with Gasteiger partial charge in [-0.25, -0.2) is 0 Å². The van der Waals surface area contributed by atoms with E-state index in [1.165, 1.54) is 6.42 Å². The van der Waals surface area contributed by atoms with E-state index in [-0.39, 0.29) is 29.7 Å². The average Bonchev–Trinajstić information content (AvgIpc) is 3.12. The summed E-state index contributed by atoms with van der Waals surface area (Å²) in [6.45, 7) is 6.65. The summed E-state index contributed by atoms with van der Waals surface area (Å²) in [6, 6.07) is 20.2.